The first kappa shape index (κ1) is 11.1. The first-order valence-corrected chi connectivity index (χ1v) is 5.50. The third-order valence-electron chi connectivity index (χ3n) is 2.34. The number of halogens is 2. The van der Waals surface area contributed by atoms with E-state index in [0.717, 1.165) is 10.9 Å². The van der Waals surface area contributed by atoms with Crippen molar-refractivity contribution in [2.45, 2.75) is 6.54 Å². The monoisotopic (exact) mass is 250 g/mol. The number of fused-ring (bicyclic) bond motifs is 1. The maximum Gasteiger partial charge on any atom is 0.0992 e. The molecule has 0 unspecified atom stereocenters. The summed E-state index contributed by atoms with van der Waals surface area (Å²) in [7, 11) is 0. The van der Waals surface area contributed by atoms with Gasteiger partial charge in [0, 0.05) is 22.3 Å². The van der Waals surface area contributed by atoms with Gasteiger partial charge in [-0.2, -0.15) is 5.26 Å². The van der Waals surface area contributed by atoms with Crippen molar-refractivity contribution in [2.75, 3.05) is 0 Å². The van der Waals surface area contributed by atoms with Crippen molar-refractivity contribution in [3.63, 3.8) is 0 Å². The molecular formula is C12H8Cl2N2. The summed E-state index contributed by atoms with van der Waals surface area (Å²) in [5.41, 5.74) is 2.97. The fourth-order valence-corrected chi connectivity index (χ4v) is 1.79. The van der Waals surface area contributed by atoms with E-state index in [0.29, 0.717) is 17.1 Å². The van der Waals surface area contributed by atoms with Crippen molar-refractivity contribution < 1.29 is 0 Å². The van der Waals surface area contributed by atoms with E-state index in [9.17, 15) is 0 Å². The van der Waals surface area contributed by atoms with Gasteiger partial charge in [-0.05, 0) is 23.6 Å². The van der Waals surface area contributed by atoms with Crippen LogP contribution in [0.1, 0.15) is 5.56 Å². The summed E-state index contributed by atoms with van der Waals surface area (Å²) in [6.07, 6.45) is 1.93. The molecule has 0 amide bonds. The first-order valence-electron chi connectivity index (χ1n) is 4.68. The van der Waals surface area contributed by atoms with Crippen LogP contribution in [0, 0.1) is 11.3 Å². The zero-order valence-corrected chi connectivity index (χ0v) is 9.83. The van der Waals surface area contributed by atoms with Crippen molar-refractivity contribution in [3.05, 3.63) is 46.6 Å². The highest BCUT2D eigenvalue weighted by molar-refractivity contribution is 6.36. The zero-order chi connectivity index (χ0) is 11.5. The van der Waals surface area contributed by atoms with Crippen LogP contribution in [0.3, 0.4) is 0 Å². The summed E-state index contributed by atoms with van der Waals surface area (Å²) in [6.45, 7) is 0.517. The fraction of sp³-hybridized carbons (Fsp3) is 0.0833. The predicted molar refractivity (Wildman–Crippen MR) is 66.4 cm³/mol. The molecule has 0 atom stereocenters. The van der Waals surface area contributed by atoms with Gasteiger partial charge < -0.3 is 4.57 Å². The minimum atomic E-state index is 0.517. The Kier molecular flexibility index (Phi) is 3.19. The highest BCUT2D eigenvalue weighted by Gasteiger charge is 2.03. The quantitative estimate of drug-likeness (QED) is 0.797. The Morgan fingerprint density at radius 3 is 2.94 bits per heavy atom. The summed E-state index contributed by atoms with van der Waals surface area (Å²) >= 11 is 11.4. The Hall–Kier alpha value is -1.43. The number of hydrogen-bond donors (Lipinski definition) is 0. The maximum absolute atomic E-state index is 8.84. The molecule has 0 spiro atoms. The van der Waals surface area contributed by atoms with Gasteiger partial charge in [0.2, 0.25) is 0 Å². The van der Waals surface area contributed by atoms with Crippen LogP contribution in [0.4, 0.5) is 0 Å². The Morgan fingerprint density at radius 1 is 1.44 bits per heavy atom. The van der Waals surface area contributed by atoms with Crippen LogP contribution in [-0.4, -0.2) is 4.57 Å². The third-order valence-corrected chi connectivity index (χ3v) is 2.95. The van der Waals surface area contributed by atoms with Crippen molar-refractivity contribution in [1.82, 2.24) is 4.57 Å². The number of hydrogen-bond acceptors (Lipinski definition) is 1. The number of nitriles is 1. The third kappa shape index (κ3) is 2.06. The van der Waals surface area contributed by atoms with Crippen LogP contribution >= 0.6 is 23.2 Å². The van der Waals surface area contributed by atoms with Gasteiger partial charge >= 0.3 is 0 Å². The topological polar surface area (TPSA) is 28.7 Å². The normalized spacial score (nSPS) is 11.7. The van der Waals surface area contributed by atoms with Crippen molar-refractivity contribution in [2.24, 2.45) is 0 Å². The highest BCUT2D eigenvalue weighted by Crippen LogP contribution is 2.19. The molecule has 0 saturated carbocycles. The number of benzene rings is 1. The summed E-state index contributed by atoms with van der Waals surface area (Å²) < 4.78 is 1.96. The minimum absolute atomic E-state index is 0.517. The van der Waals surface area contributed by atoms with Gasteiger partial charge in [-0.1, -0.05) is 29.3 Å². The molecule has 0 fully saturated rings. The van der Waals surface area contributed by atoms with E-state index >= 15 is 0 Å². The molecule has 0 N–H and O–H groups in total. The summed E-state index contributed by atoms with van der Waals surface area (Å²) in [6, 6.07) is 9.66. The number of allylic oxidation sites excluding steroid dienone is 1. The van der Waals surface area contributed by atoms with E-state index in [4.69, 9.17) is 28.5 Å². The van der Waals surface area contributed by atoms with Gasteiger partial charge in [-0.25, -0.2) is 0 Å². The Morgan fingerprint density at radius 2 is 2.25 bits per heavy atom. The van der Waals surface area contributed by atoms with E-state index < -0.39 is 0 Å². The lowest BCUT2D eigenvalue weighted by molar-refractivity contribution is 0.852. The molecule has 0 aliphatic heterocycles. The predicted octanol–water partition coefficient (Wildman–Crippen LogP) is 3.83. The second kappa shape index (κ2) is 4.61. The molecule has 0 aliphatic rings. The summed E-state index contributed by atoms with van der Waals surface area (Å²) in [5, 5.41) is 10.5. The average Bonchev–Trinajstić information content (AvgIpc) is 2.71. The molecule has 1 aromatic heterocycles. The van der Waals surface area contributed by atoms with Gasteiger partial charge in [-0.3, -0.25) is 0 Å². The van der Waals surface area contributed by atoms with Gasteiger partial charge in [0.05, 0.1) is 18.2 Å². The first-order chi connectivity index (χ1) is 7.74. The van der Waals surface area contributed by atoms with E-state index in [1.165, 1.54) is 5.54 Å². The average molecular weight is 251 g/mol. The minimum Gasteiger partial charge on any atom is -0.342 e. The second-order valence-electron chi connectivity index (χ2n) is 3.39. The maximum atomic E-state index is 8.84. The molecule has 0 radical (unpaired) electrons. The van der Waals surface area contributed by atoms with Crippen LogP contribution in [-0.2, 0) is 6.54 Å². The molecule has 2 nitrogen and oxygen atoms in total. The summed E-state index contributed by atoms with van der Waals surface area (Å²) in [5.74, 6) is 0. The lowest BCUT2D eigenvalue weighted by Crippen LogP contribution is -1.95. The van der Waals surface area contributed by atoms with Crippen LogP contribution in [0.5, 0.6) is 0 Å². The van der Waals surface area contributed by atoms with Crippen LogP contribution in [0.2, 0.25) is 0 Å². The van der Waals surface area contributed by atoms with E-state index in [-0.39, 0.29) is 0 Å². The summed E-state index contributed by atoms with van der Waals surface area (Å²) in [4.78, 5) is 0. The number of rotatable bonds is 2. The molecule has 4 heteroatoms. The Balaban J connectivity index is 2.51. The standard InChI is InChI=1S/C12H8Cl2N2/c13-6-11(14)8-16-4-3-10-2-1-9(7-15)5-12(10)16/h1-6H,8H2/b11-6+. The molecule has 2 aromatic rings. The molecule has 0 bridgehead atoms. The SMILES string of the molecule is N#Cc1ccc2ccn(C/C(Cl)=C\Cl)c2c1. The molecule has 0 saturated heterocycles. The molecular weight excluding hydrogens is 243 g/mol. The smallest absolute Gasteiger partial charge is 0.0992 e. The van der Waals surface area contributed by atoms with Crippen LogP contribution < -0.4 is 0 Å². The zero-order valence-electron chi connectivity index (χ0n) is 8.32. The second-order valence-corrected chi connectivity index (χ2v) is 4.09. The number of aromatic nitrogens is 1. The van der Waals surface area contributed by atoms with Gasteiger partial charge in [-0.15, -0.1) is 0 Å². The van der Waals surface area contributed by atoms with E-state index in [2.05, 4.69) is 6.07 Å². The van der Waals surface area contributed by atoms with Crippen molar-refractivity contribution in [3.8, 4) is 6.07 Å². The number of nitrogens with zero attached hydrogens (tertiary/aromatic N) is 2. The van der Waals surface area contributed by atoms with Crippen LogP contribution in [0.25, 0.3) is 10.9 Å². The molecule has 2 rings (SSSR count). The Labute approximate surface area is 103 Å². The largest absolute Gasteiger partial charge is 0.342 e. The van der Waals surface area contributed by atoms with Crippen molar-refractivity contribution >= 4 is 34.1 Å². The highest BCUT2D eigenvalue weighted by atomic mass is 35.5. The fourth-order valence-electron chi connectivity index (χ4n) is 1.59. The van der Waals surface area contributed by atoms with Gasteiger partial charge in [0.15, 0.2) is 0 Å². The van der Waals surface area contributed by atoms with Crippen molar-refractivity contribution in [1.29, 1.82) is 5.26 Å². The lowest BCUT2D eigenvalue weighted by Gasteiger charge is -2.03. The van der Waals surface area contributed by atoms with E-state index in [1.54, 1.807) is 6.07 Å². The Bertz CT molecular complexity index is 591. The molecule has 1 heterocycles. The molecule has 0 aliphatic carbocycles. The van der Waals surface area contributed by atoms with Gasteiger partial charge in [0.25, 0.3) is 0 Å². The molecule has 16 heavy (non-hydrogen) atoms. The molecule has 1 aromatic carbocycles. The van der Waals surface area contributed by atoms with Crippen LogP contribution in [0.15, 0.2) is 41.0 Å². The van der Waals surface area contributed by atoms with E-state index in [1.807, 2.05) is 29.0 Å². The van der Waals surface area contributed by atoms with Gasteiger partial charge in [0.1, 0.15) is 0 Å². The lowest BCUT2D eigenvalue weighted by atomic mass is 10.2. The molecule has 80 valence electrons.